The Morgan fingerprint density at radius 2 is 2.00 bits per heavy atom. The van der Waals surface area contributed by atoms with E-state index in [1.165, 1.54) is 14.0 Å². The SMILES string of the molecule is COC(=O)[C@@H]1C[C@@H]2N[C@H]1C[C@H]2OC(C)=O. The van der Waals surface area contributed by atoms with Crippen LogP contribution in [0.15, 0.2) is 0 Å². The number of esters is 2. The molecule has 2 heterocycles. The van der Waals surface area contributed by atoms with Crippen molar-refractivity contribution in [3.05, 3.63) is 0 Å². The molecule has 4 atom stereocenters. The van der Waals surface area contributed by atoms with Crippen LogP contribution in [0.3, 0.4) is 0 Å². The fourth-order valence-electron chi connectivity index (χ4n) is 2.56. The molecule has 0 radical (unpaired) electrons. The Kier molecular flexibility index (Phi) is 2.65. The molecule has 1 N–H and O–H groups in total. The molecule has 2 saturated heterocycles. The number of fused-ring (bicyclic) bond motifs is 2. The fourth-order valence-corrected chi connectivity index (χ4v) is 2.56. The molecule has 15 heavy (non-hydrogen) atoms. The lowest BCUT2D eigenvalue weighted by atomic mass is 9.87. The number of ether oxygens (including phenoxy) is 2. The normalized spacial score (nSPS) is 37.7. The highest BCUT2D eigenvalue weighted by Gasteiger charge is 2.50. The summed E-state index contributed by atoms with van der Waals surface area (Å²) in [5, 5.41) is 3.27. The van der Waals surface area contributed by atoms with E-state index in [4.69, 9.17) is 9.47 Å². The summed E-state index contributed by atoms with van der Waals surface area (Å²) in [6.45, 7) is 1.41. The van der Waals surface area contributed by atoms with E-state index in [0.717, 1.165) is 0 Å². The minimum absolute atomic E-state index is 0.0755. The van der Waals surface area contributed by atoms with E-state index in [1.807, 2.05) is 0 Å². The van der Waals surface area contributed by atoms with Crippen LogP contribution in [0.25, 0.3) is 0 Å². The predicted molar refractivity (Wildman–Crippen MR) is 51.0 cm³/mol. The number of rotatable bonds is 2. The van der Waals surface area contributed by atoms with Crippen LogP contribution in [0, 0.1) is 5.92 Å². The van der Waals surface area contributed by atoms with E-state index >= 15 is 0 Å². The lowest BCUT2D eigenvalue weighted by Crippen LogP contribution is -2.34. The van der Waals surface area contributed by atoms with Crippen LogP contribution in [0.5, 0.6) is 0 Å². The van der Waals surface area contributed by atoms with Crippen LogP contribution in [0.4, 0.5) is 0 Å². The highest BCUT2D eigenvalue weighted by molar-refractivity contribution is 5.74. The van der Waals surface area contributed by atoms with Gasteiger partial charge in [0.05, 0.1) is 13.0 Å². The van der Waals surface area contributed by atoms with Crippen LogP contribution < -0.4 is 5.32 Å². The molecule has 84 valence electrons. The quantitative estimate of drug-likeness (QED) is 0.646. The van der Waals surface area contributed by atoms with Crippen molar-refractivity contribution in [2.75, 3.05) is 7.11 Å². The van der Waals surface area contributed by atoms with Crippen LogP contribution in [0.2, 0.25) is 0 Å². The predicted octanol–water partition coefficient (Wildman–Crippen LogP) is -0.159. The molecule has 0 spiro atoms. The van der Waals surface area contributed by atoms with Gasteiger partial charge in [-0.1, -0.05) is 0 Å². The minimum atomic E-state index is -0.260. The maximum atomic E-state index is 11.4. The average Bonchev–Trinajstić information content (AvgIpc) is 2.74. The molecule has 0 aromatic rings. The zero-order valence-electron chi connectivity index (χ0n) is 8.86. The molecular weight excluding hydrogens is 198 g/mol. The topological polar surface area (TPSA) is 64.6 Å². The molecule has 0 amide bonds. The lowest BCUT2D eigenvalue weighted by molar-refractivity contribution is -0.149. The average molecular weight is 213 g/mol. The zero-order valence-corrected chi connectivity index (χ0v) is 8.86. The van der Waals surface area contributed by atoms with Gasteiger partial charge in [0.25, 0.3) is 0 Å². The van der Waals surface area contributed by atoms with Crippen molar-refractivity contribution in [3.8, 4) is 0 Å². The third-order valence-electron chi connectivity index (χ3n) is 3.18. The van der Waals surface area contributed by atoms with E-state index in [9.17, 15) is 9.59 Å². The standard InChI is InChI=1S/C10H15NO4/c1-5(12)15-9-4-7-6(10(13)14-2)3-8(9)11-7/h6-9,11H,3-4H2,1-2H3/t6-,7+,8+,9-/m1/s1. The second-order valence-electron chi connectivity index (χ2n) is 4.13. The summed E-state index contributed by atoms with van der Waals surface area (Å²) in [5.41, 5.74) is 0. The van der Waals surface area contributed by atoms with Gasteiger partial charge in [0, 0.05) is 25.4 Å². The van der Waals surface area contributed by atoms with Crippen molar-refractivity contribution in [2.45, 2.75) is 38.0 Å². The van der Waals surface area contributed by atoms with Crippen LogP contribution in [-0.2, 0) is 19.1 Å². The molecule has 2 fully saturated rings. The van der Waals surface area contributed by atoms with Crippen molar-refractivity contribution in [1.82, 2.24) is 5.32 Å². The Morgan fingerprint density at radius 3 is 2.47 bits per heavy atom. The van der Waals surface area contributed by atoms with Crippen LogP contribution in [-0.4, -0.2) is 37.2 Å². The maximum absolute atomic E-state index is 11.4. The van der Waals surface area contributed by atoms with Gasteiger partial charge >= 0.3 is 11.9 Å². The molecule has 5 nitrogen and oxygen atoms in total. The summed E-state index contributed by atoms with van der Waals surface area (Å²) in [4.78, 5) is 22.2. The van der Waals surface area contributed by atoms with Gasteiger partial charge in [-0.2, -0.15) is 0 Å². The molecule has 2 aliphatic heterocycles. The van der Waals surface area contributed by atoms with E-state index in [2.05, 4.69) is 5.32 Å². The second kappa shape index (κ2) is 3.81. The number of hydrogen-bond acceptors (Lipinski definition) is 5. The van der Waals surface area contributed by atoms with Crippen molar-refractivity contribution in [1.29, 1.82) is 0 Å². The zero-order chi connectivity index (χ0) is 11.0. The molecule has 0 aliphatic carbocycles. The summed E-state index contributed by atoms with van der Waals surface area (Å²) in [6.07, 6.45) is 1.34. The Hall–Kier alpha value is -1.10. The summed E-state index contributed by atoms with van der Waals surface area (Å²) < 4.78 is 9.87. The largest absolute Gasteiger partial charge is 0.469 e. The van der Waals surface area contributed by atoms with E-state index in [-0.39, 0.29) is 36.0 Å². The molecule has 0 unspecified atom stereocenters. The summed E-state index contributed by atoms with van der Waals surface area (Å²) in [5.74, 6) is -0.507. The van der Waals surface area contributed by atoms with Crippen molar-refractivity contribution < 1.29 is 19.1 Å². The maximum Gasteiger partial charge on any atom is 0.310 e. The molecule has 5 heteroatoms. The molecule has 2 aliphatic rings. The second-order valence-corrected chi connectivity index (χ2v) is 4.13. The minimum Gasteiger partial charge on any atom is -0.469 e. The first-order valence-corrected chi connectivity index (χ1v) is 5.13. The summed E-state index contributed by atoms with van der Waals surface area (Å²) in [6, 6.07) is 0.217. The van der Waals surface area contributed by atoms with E-state index in [1.54, 1.807) is 0 Å². The Bertz CT molecular complexity index is 291. The van der Waals surface area contributed by atoms with Crippen molar-refractivity contribution in [2.24, 2.45) is 5.92 Å². The number of methoxy groups -OCH3 is 1. The summed E-state index contributed by atoms with van der Waals surface area (Å²) >= 11 is 0. The number of nitrogens with one attached hydrogen (secondary N) is 1. The Morgan fingerprint density at radius 1 is 1.27 bits per heavy atom. The third-order valence-corrected chi connectivity index (χ3v) is 3.18. The highest BCUT2D eigenvalue weighted by atomic mass is 16.5. The first-order valence-electron chi connectivity index (χ1n) is 5.13. The number of hydrogen-bond donors (Lipinski definition) is 1. The van der Waals surface area contributed by atoms with Crippen molar-refractivity contribution in [3.63, 3.8) is 0 Å². The van der Waals surface area contributed by atoms with Gasteiger partial charge in [-0.15, -0.1) is 0 Å². The van der Waals surface area contributed by atoms with Gasteiger partial charge in [0.15, 0.2) is 0 Å². The van der Waals surface area contributed by atoms with E-state index in [0.29, 0.717) is 12.8 Å². The van der Waals surface area contributed by atoms with Gasteiger partial charge in [0.2, 0.25) is 0 Å². The molecule has 0 aromatic carbocycles. The highest BCUT2D eigenvalue weighted by Crippen LogP contribution is 2.35. The Labute approximate surface area is 88.1 Å². The third kappa shape index (κ3) is 1.84. The van der Waals surface area contributed by atoms with Gasteiger partial charge in [-0.3, -0.25) is 9.59 Å². The monoisotopic (exact) mass is 213 g/mol. The van der Waals surface area contributed by atoms with Gasteiger partial charge in [0.1, 0.15) is 6.10 Å². The fraction of sp³-hybridized carbons (Fsp3) is 0.800. The van der Waals surface area contributed by atoms with Crippen LogP contribution >= 0.6 is 0 Å². The molecule has 2 rings (SSSR count). The number of carbonyl (C=O) groups is 2. The van der Waals surface area contributed by atoms with Crippen LogP contribution in [0.1, 0.15) is 19.8 Å². The molecule has 0 aromatic heterocycles. The van der Waals surface area contributed by atoms with Crippen molar-refractivity contribution >= 4 is 11.9 Å². The van der Waals surface area contributed by atoms with E-state index < -0.39 is 0 Å². The summed E-state index contributed by atoms with van der Waals surface area (Å²) in [7, 11) is 1.40. The lowest BCUT2D eigenvalue weighted by Gasteiger charge is -2.24. The molecule has 2 bridgehead atoms. The first kappa shape index (κ1) is 10.4. The van der Waals surface area contributed by atoms with Gasteiger partial charge < -0.3 is 14.8 Å². The smallest absolute Gasteiger partial charge is 0.310 e. The molecular formula is C10H15NO4. The molecule has 0 saturated carbocycles. The number of carbonyl (C=O) groups excluding carboxylic acids is 2. The van der Waals surface area contributed by atoms with Gasteiger partial charge in [-0.25, -0.2) is 0 Å². The van der Waals surface area contributed by atoms with Gasteiger partial charge in [-0.05, 0) is 6.42 Å². The Balaban J connectivity index is 1.94. The first-order chi connectivity index (χ1) is 7.11.